The van der Waals surface area contributed by atoms with Crippen molar-refractivity contribution < 1.29 is 14.6 Å². The molecule has 5 nitrogen and oxygen atoms in total. The lowest BCUT2D eigenvalue weighted by molar-refractivity contribution is 0.0800. The normalized spacial score (nSPS) is 11.4. The number of hydrogen-bond acceptors (Lipinski definition) is 5. The van der Waals surface area contributed by atoms with Crippen molar-refractivity contribution in [2.45, 2.75) is 25.9 Å². The number of nitrogens with zero attached hydrogens (tertiary/aromatic N) is 1. The van der Waals surface area contributed by atoms with Gasteiger partial charge in [-0.25, -0.2) is 9.78 Å². The van der Waals surface area contributed by atoms with Gasteiger partial charge in [0, 0.05) is 11.8 Å². The predicted molar refractivity (Wildman–Crippen MR) is 52.3 cm³/mol. The van der Waals surface area contributed by atoms with Gasteiger partial charge in [-0.1, -0.05) is 11.3 Å². The fraction of sp³-hybridized carbons (Fsp3) is 0.500. The van der Waals surface area contributed by atoms with E-state index in [2.05, 4.69) is 9.72 Å². The topological polar surface area (TPSA) is 85.4 Å². The van der Waals surface area contributed by atoms with Crippen molar-refractivity contribution in [2.75, 3.05) is 0 Å². The van der Waals surface area contributed by atoms with Gasteiger partial charge in [0.1, 0.15) is 0 Å². The van der Waals surface area contributed by atoms with Crippen LogP contribution in [0, 0.1) is 0 Å². The minimum atomic E-state index is -0.880. The average molecular weight is 216 g/mol. The van der Waals surface area contributed by atoms with Crippen LogP contribution in [0.4, 0.5) is 4.79 Å². The molecule has 0 saturated heterocycles. The molecule has 0 aliphatic carbocycles. The molecule has 6 heteroatoms. The third-order valence-corrected chi connectivity index (χ3v) is 2.10. The van der Waals surface area contributed by atoms with Crippen LogP contribution < -0.4 is 10.5 Å². The van der Waals surface area contributed by atoms with Gasteiger partial charge in [0.05, 0.1) is 11.3 Å². The Bertz CT molecular complexity index is 330. The number of thiazole rings is 1. The highest BCUT2D eigenvalue weighted by molar-refractivity contribution is 7.11. The number of carbonyl (C=O) groups is 1. The summed E-state index contributed by atoms with van der Waals surface area (Å²) < 4.78 is 4.57. The van der Waals surface area contributed by atoms with E-state index in [4.69, 9.17) is 5.73 Å². The van der Waals surface area contributed by atoms with Crippen LogP contribution in [-0.2, 0) is 6.42 Å². The Morgan fingerprint density at radius 2 is 2.43 bits per heavy atom. The van der Waals surface area contributed by atoms with E-state index in [0.29, 0.717) is 12.1 Å². The number of rotatable bonds is 3. The maximum absolute atomic E-state index is 10.4. The molecule has 0 fully saturated rings. The van der Waals surface area contributed by atoms with Gasteiger partial charge in [-0.15, -0.1) is 0 Å². The summed E-state index contributed by atoms with van der Waals surface area (Å²) in [6.07, 6.45) is -0.472. The van der Waals surface area contributed by atoms with Crippen LogP contribution in [0.2, 0.25) is 0 Å². The van der Waals surface area contributed by atoms with E-state index in [9.17, 15) is 9.90 Å². The Morgan fingerprint density at radius 3 is 2.93 bits per heavy atom. The second kappa shape index (κ2) is 3.93. The second-order valence-electron chi connectivity index (χ2n) is 3.52. The van der Waals surface area contributed by atoms with Crippen LogP contribution in [0.3, 0.4) is 0 Å². The first-order valence-electron chi connectivity index (χ1n) is 4.01. The zero-order valence-corrected chi connectivity index (χ0v) is 8.80. The SMILES string of the molecule is CC(C)(O)Cc1csc(OC(N)=O)n1. The quantitative estimate of drug-likeness (QED) is 0.786. The van der Waals surface area contributed by atoms with Gasteiger partial charge in [0.25, 0.3) is 5.19 Å². The molecule has 1 rings (SSSR count). The average Bonchev–Trinajstić information content (AvgIpc) is 2.30. The molecule has 1 heterocycles. The fourth-order valence-electron chi connectivity index (χ4n) is 0.946. The zero-order chi connectivity index (χ0) is 10.8. The van der Waals surface area contributed by atoms with Crippen LogP contribution in [0.15, 0.2) is 5.38 Å². The summed E-state index contributed by atoms with van der Waals surface area (Å²) in [5.41, 5.74) is 4.68. The van der Waals surface area contributed by atoms with Crippen LogP contribution >= 0.6 is 11.3 Å². The van der Waals surface area contributed by atoms with E-state index in [1.807, 2.05) is 0 Å². The van der Waals surface area contributed by atoms with E-state index >= 15 is 0 Å². The van der Waals surface area contributed by atoms with Crippen molar-refractivity contribution in [2.24, 2.45) is 5.73 Å². The number of aromatic nitrogens is 1. The molecule has 0 radical (unpaired) electrons. The lowest BCUT2D eigenvalue weighted by atomic mass is 10.0. The lowest BCUT2D eigenvalue weighted by Crippen LogP contribution is -2.22. The first-order valence-corrected chi connectivity index (χ1v) is 4.89. The highest BCUT2D eigenvalue weighted by Crippen LogP contribution is 2.21. The Kier molecular flexibility index (Phi) is 3.07. The van der Waals surface area contributed by atoms with E-state index < -0.39 is 11.7 Å². The predicted octanol–water partition coefficient (Wildman–Crippen LogP) is 0.914. The second-order valence-corrected chi connectivity index (χ2v) is 4.34. The van der Waals surface area contributed by atoms with Crippen LogP contribution in [0.1, 0.15) is 19.5 Å². The lowest BCUT2D eigenvalue weighted by Gasteiger charge is -2.14. The van der Waals surface area contributed by atoms with Gasteiger partial charge >= 0.3 is 6.09 Å². The molecule has 0 saturated carbocycles. The molecule has 14 heavy (non-hydrogen) atoms. The van der Waals surface area contributed by atoms with Crippen molar-refractivity contribution in [1.29, 1.82) is 0 Å². The summed E-state index contributed by atoms with van der Waals surface area (Å²) >= 11 is 1.17. The van der Waals surface area contributed by atoms with Gasteiger partial charge in [0.15, 0.2) is 0 Å². The summed E-state index contributed by atoms with van der Waals surface area (Å²) in [6, 6.07) is 0. The van der Waals surface area contributed by atoms with Gasteiger partial charge in [0.2, 0.25) is 0 Å². The third kappa shape index (κ3) is 3.71. The van der Waals surface area contributed by atoms with Crippen LogP contribution in [0.5, 0.6) is 5.19 Å². The third-order valence-electron chi connectivity index (χ3n) is 1.33. The molecular formula is C8H12N2O3S. The molecule has 0 aliphatic heterocycles. The van der Waals surface area contributed by atoms with E-state index in [1.54, 1.807) is 19.2 Å². The summed E-state index contributed by atoms with van der Waals surface area (Å²) in [5.74, 6) is 0. The first kappa shape index (κ1) is 10.9. The Hall–Kier alpha value is -1.14. The van der Waals surface area contributed by atoms with Crippen LogP contribution in [0.25, 0.3) is 0 Å². The maximum atomic E-state index is 10.4. The van der Waals surface area contributed by atoms with Gasteiger partial charge < -0.3 is 15.6 Å². The summed E-state index contributed by atoms with van der Waals surface area (Å²) in [5, 5.41) is 11.4. The number of carbonyl (C=O) groups excluding carboxylic acids is 1. The Labute approximate surface area is 85.5 Å². The maximum Gasteiger partial charge on any atom is 0.411 e. The van der Waals surface area contributed by atoms with E-state index in [0.717, 1.165) is 0 Å². The molecule has 0 spiro atoms. The number of primary amides is 1. The first-order chi connectivity index (χ1) is 6.37. The number of ether oxygens (including phenoxy) is 1. The molecule has 0 aliphatic rings. The van der Waals surface area contributed by atoms with E-state index in [1.165, 1.54) is 11.3 Å². The molecular weight excluding hydrogens is 204 g/mol. The summed E-state index contributed by atoms with van der Waals surface area (Å²) in [4.78, 5) is 14.4. The smallest absolute Gasteiger partial charge is 0.390 e. The molecule has 1 amide bonds. The largest absolute Gasteiger partial charge is 0.411 e. The minimum absolute atomic E-state index is 0.205. The number of amides is 1. The van der Waals surface area contributed by atoms with Crippen molar-refractivity contribution in [3.05, 3.63) is 11.1 Å². The molecule has 0 bridgehead atoms. The number of aliphatic hydroxyl groups is 1. The number of hydrogen-bond donors (Lipinski definition) is 2. The molecule has 3 N–H and O–H groups in total. The standard InChI is InChI=1S/C8H12N2O3S/c1-8(2,12)3-5-4-14-7(10-5)13-6(9)11/h4,12H,3H2,1-2H3,(H2,9,11). The van der Waals surface area contributed by atoms with Gasteiger partial charge in [-0.2, -0.15) is 0 Å². The molecule has 1 aromatic heterocycles. The highest BCUT2D eigenvalue weighted by atomic mass is 32.1. The molecule has 0 atom stereocenters. The van der Waals surface area contributed by atoms with E-state index in [-0.39, 0.29) is 5.19 Å². The van der Waals surface area contributed by atoms with Crippen molar-refractivity contribution in [3.63, 3.8) is 0 Å². The Morgan fingerprint density at radius 1 is 1.79 bits per heavy atom. The van der Waals surface area contributed by atoms with Gasteiger partial charge in [-0.3, -0.25) is 0 Å². The molecule has 0 aromatic carbocycles. The Balaban J connectivity index is 2.64. The van der Waals surface area contributed by atoms with Crippen molar-refractivity contribution >= 4 is 17.4 Å². The molecule has 0 unspecified atom stereocenters. The monoisotopic (exact) mass is 216 g/mol. The van der Waals surface area contributed by atoms with Crippen molar-refractivity contribution in [3.8, 4) is 5.19 Å². The summed E-state index contributed by atoms with van der Waals surface area (Å²) in [7, 11) is 0. The summed E-state index contributed by atoms with van der Waals surface area (Å²) in [6.45, 7) is 3.36. The fourth-order valence-corrected chi connectivity index (χ4v) is 1.62. The van der Waals surface area contributed by atoms with Crippen LogP contribution in [-0.4, -0.2) is 21.8 Å². The minimum Gasteiger partial charge on any atom is -0.390 e. The zero-order valence-electron chi connectivity index (χ0n) is 7.98. The molecule has 78 valence electrons. The van der Waals surface area contributed by atoms with Crippen molar-refractivity contribution in [1.82, 2.24) is 4.98 Å². The van der Waals surface area contributed by atoms with Gasteiger partial charge in [-0.05, 0) is 13.8 Å². The highest BCUT2D eigenvalue weighted by Gasteiger charge is 2.16. The number of nitrogens with two attached hydrogens (primary N) is 1. The molecule has 1 aromatic rings.